The van der Waals surface area contributed by atoms with Gasteiger partial charge in [0.15, 0.2) is 0 Å². The quantitative estimate of drug-likeness (QED) is 0.456. The molecular formula is C21H24N6O2. The maximum Gasteiger partial charge on any atom is 0.246 e. The lowest BCUT2D eigenvalue weighted by atomic mass is 10.2. The van der Waals surface area contributed by atoms with E-state index in [-0.39, 0.29) is 12.5 Å². The molecule has 2 heterocycles. The van der Waals surface area contributed by atoms with Gasteiger partial charge >= 0.3 is 0 Å². The van der Waals surface area contributed by atoms with E-state index in [1.54, 1.807) is 12.3 Å². The van der Waals surface area contributed by atoms with Crippen LogP contribution in [-0.2, 0) is 16.1 Å². The summed E-state index contributed by atoms with van der Waals surface area (Å²) in [4.78, 5) is 24.4. The summed E-state index contributed by atoms with van der Waals surface area (Å²) >= 11 is 0. The Hall–Kier alpha value is -3.52. The molecule has 150 valence electrons. The number of nitrogens with one attached hydrogen (secondary N) is 3. The molecule has 0 saturated heterocycles. The van der Waals surface area contributed by atoms with Crippen LogP contribution in [0.1, 0.15) is 11.1 Å². The van der Waals surface area contributed by atoms with Crippen LogP contribution >= 0.6 is 0 Å². The van der Waals surface area contributed by atoms with Gasteiger partial charge in [0, 0.05) is 25.4 Å². The van der Waals surface area contributed by atoms with Crippen LogP contribution in [0, 0.1) is 6.92 Å². The highest BCUT2D eigenvalue weighted by molar-refractivity contribution is 5.77. The fourth-order valence-corrected chi connectivity index (χ4v) is 2.54. The number of ether oxygens (including phenoxy) is 1. The topological polar surface area (TPSA) is 101 Å². The van der Waals surface area contributed by atoms with Gasteiger partial charge in [-0.25, -0.2) is 15.0 Å². The molecule has 0 atom stereocenters. The number of hydrogen-bond donors (Lipinski definition) is 3. The molecule has 0 bridgehead atoms. The van der Waals surface area contributed by atoms with Crippen LogP contribution in [-0.4, -0.2) is 40.6 Å². The Morgan fingerprint density at radius 3 is 2.59 bits per heavy atom. The Labute approximate surface area is 169 Å². The molecule has 0 spiro atoms. The molecule has 3 rings (SSSR count). The van der Waals surface area contributed by atoms with E-state index in [0.29, 0.717) is 31.3 Å². The zero-order valence-corrected chi connectivity index (χ0v) is 16.3. The average molecular weight is 392 g/mol. The summed E-state index contributed by atoms with van der Waals surface area (Å²) in [5.41, 5.74) is 2.15. The van der Waals surface area contributed by atoms with Gasteiger partial charge in [0.2, 0.25) is 5.91 Å². The van der Waals surface area contributed by atoms with E-state index in [4.69, 9.17) is 4.74 Å². The van der Waals surface area contributed by atoms with Crippen LogP contribution in [0.3, 0.4) is 0 Å². The Bertz CT molecular complexity index is 920. The molecule has 0 radical (unpaired) electrons. The number of anilines is 3. The van der Waals surface area contributed by atoms with Gasteiger partial charge in [0.05, 0.1) is 6.61 Å². The molecule has 8 heteroatoms. The molecule has 0 aliphatic carbocycles. The summed E-state index contributed by atoms with van der Waals surface area (Å²) < 4.78 is 5.41. The van der Waals surface area contributed by atoms with Crippen LogP contribution in [0.15, 0.2) is 61.1 Å². The summed E-state index contributed by atoms with van der Waals surface area (Å²) in [6.07, 6.45) is 3.21. The molecule has 3 N–H and O–H groups in total. The van der Waals surface area contributed by atoms with Gasteiger partial charge in [0.25, 0.3) is 0 Å². The number of nitrogens with zero attached hydrogens (tertiary/aromatic N) is 3. The number of aryl methyl sites for hydroxylation is 1. The maximum absolute atomic E-state index is 11.8. The normalized spacial score (nSPS) is 10.4. The number of carbonyl (C=O) groups excluding carboxylic acids is 1. The van der Waals surface area contributed by atoms with Gasteiger partial charge in [-0.3, -0.25) is 4.79 Å². The summed E-state index contributed by atoms with van der Waals surface area (Å²) in [6.45, 7) is 3.43. The highest BCUT2D eigenvalue weighted by Crippen LogP contribution is 2.14. The maximum atomic E-state index is 11.8. The number of amides is 1. The Morgan fingerprint density at radius 1 is 0.966 bits per heavy atom. The van der Waals surface area contributed by atoms with Crippen molar-refractivity contribution in [2.75, 3.05) is 30.3 Å². The van der Waals surface area contributed by atoms with E-state index in [2.05, 4.69) is 30.9 Å². The van der Waals surface area contributed by atoms with Crippen molar-refractivity contribution in [2.24, 2.45) is 0 Å². The van der Waals surface area contributed by atoms with E-state index < -0.39 is 0 Å². The number of rotatable bonds is 10. The zero-order chi connectivity index (χ0) is 20.3. The summed E-state index contributed by atoms with van der Waals surface area (Å²) in [5.74, 6) is 1.86. The van der Waals surface area contributed by atoms with E-state index in [1.165, 1.54) is 6.33 Å². The van der Waals surface area contributed by atoms with E-state index in [0.717, 1.165) is 16.9 Å². The van der Waals surface area contributed by atoms with E-state index in [1.807, 2.05) is 49.4 Å². The minimum atomic E-state index is -0.154. The monoisotopic (exact) mass is 392 g/mol. The lowest BCUT2D eigenvalue weighted by molar-refractivity contribution is -0.126. The van der Waals surface area contributed by atoms with Gasteiger partial charge in [-0.15, -0.1) is 0 Å². The van der Waals surface area contributed by atoms with Gasteiger partial charge in [0.1, 0.15) is 30.4 Å². The van der Waals surface area contributed by atoms with Crippen molar-refractivity contribution in [2.45, 2.75) is 13.5 Å². The van der Waals surface area contributed by atoms with Crippen LogP contribution in [0.4, 0.5) is 17.5 Å². The lowest BCUT2D eigenvalue weighted by Crippen LogP contribution is -2.31. The van der Waals surface area contributed by atoms with Crippen molar-refractivity contribution in [1.29, 1.82) is 0 Å². The van der Waals surface area contributed by atoms with Crippen LogP contribution in [0.5, 0.6) is 0 Å². The zero-order valence-electron chi connectivity index (χ0n) is 16.3. The molecule has 0 saturated carbocycles. The minimum absolute atomic E-state index is 0.0277. The molecule has 2 aromatic heterocycles. The van der Waals surface area contributed by atoms with Crippen molar-refractivity contribution in [3.63, 3.8) is 0 Å². The summed E-state index contributed by atoms with van der Waals surface area (Å²) in [6, 6.07) is 15.4. The Balaban J connectivity index is 1.35. The fourth-order valence-electron chi connectivity index (χ4n) is 2.54. The minimum Gasteiger partial charge on any atom is -0.368 e. The van der Waals surface area contributed by atoms with Crippen molar-refractivity contribution >= 4 is 23.4 Å². The largest absolute Gasteiger partial charge is 0.368 e. The van der Waals surface area contributed by atoms with Crippen LogP contribution < -0.4 is 16.0 Å². The second-order valence-corrected chi connectivity index (χ2v) is 6.39. The molecule has 0 fully saturated rings. The van der Waals surface area contributed by atoms with Gasteiger partial charge in [-0.05, 0) is 30.2 Å². The molecule has 1 aromatic carbocycles. The third kappa shape index (κ3) is 7.19. The molecule has 0 aliphatic rings. The first kappa shape index (κ1) is 20.2. The molecule has 0 aliphatic heterocycles. The van der Waals surface area contributed by atoms with Crippen molar-refractivity contribution < 1.29 is 9.53 Å². The molecular weight excluding hydrogens is 368 g/mol. The number of hydrogen-bond acceptors (Lipinski definition) is 7. The van der Waals surface area contributed by atoms with Gasteiger partial charge < -0.3 is 20.7 Å². The number of benzene rings is 1. The van der Waals surface area contributed by atoms with Crippen molar-refractivity contribution in [1.82, 2.24) is 20.3 Å². The first-order valence-corrected chi connectivity index (χ1v) is 9.33. The number of pyridine rings is 1. The predicted molar refractivity (Wildman–Crippen MR) is 112 cm³/mol. The summed E-state index contributed by atoms with van der Waals surface area (Å²) in [7, 11) is 0. The molecule has 1 amide bonds. The van der Waals surface area contributed by atoms with Crippen LogP contribution in [0.25, 0.3) is 0 Å². The van der Waals surface area contributed by atoms with Gasteiger partial charge in [-0.1, -0.05) is 30.3 Å². The van der Waals surface area contributed by atoms with Crippen molar-refractivity contribution in [3.8, 4) is 0 Å². The smallest absolute Gasteiger partial charge is 0.246 e. The Kier molecular flexibility index (Phi) is 7.48. The lowest BCUT2D eigenvalue weighted by Gasteiger charge is -2.09. The first-order valence-electron chi connectivity index (χ1n) is 9.33. The number of carbonyl (C=O) groups is 1. The highest BCUT2D eigenvalue weighted by atomic mass is 16.5. The predicted octanol–water partition coefficient (Wildman–Crippen LogP) is 2.67. The molecule has 3 aromatic rings. The SMILES string of the molecule is Cc1ccnc(Nc2cc(NCCNC(=O)COCc3ccccc3)ncn2)c1. The Morgan fingerprint density at radius 2 is 1.76 bits per heavy atom. The van der Waals surface area contributed by atoms with Crippen molar-refractivity contribution in [3.05, 3.63) is 72.2 Å². The molecule has 8 nitrogen and oxygen atoms in total. The third-order valence-corrected chi connectivity index (χ3v) is 3.94. The number of aromatic nitrogens is 3. The van der Waals surface area contributed by atoms with Gasteiger partial charge in [-0.2, -0.15) is 0 Å². The standard InChI is InChI=1S/C21H24N6O2/c1-16-7-8-22-19(11-16)27-20-12-18(25-15-26-20)23-9-10-24-21(28)14-29-13-17-5-3-2-4-6-17/h2-8,11-12,15H,9-10,13-14H2,1H3,(H,24,28)(H2,22,23,25,26,27). The fraction of sp³-hybridized carbons (Fsp3) is 0.238. The third-order valence-electron chi connectivity index (χ3n) is 3.94. The highest BCUT2D eigenvalue weighted by Gasteiger charge is 2.03. The molecule has 0 unspecified atom stereocenters. The summed E-state index contributed by atoms with van der Waals surface area (Å²) in [5, 5.41) is 9.10. The molecule has 29 heavy (non-hydrogen) atoms. The van der Waals surface area contributed by atoms with E-state index >= 15 is 0 Å². The second kappa shape index (κ2) is 10.7. The first-order chi connectivity index (χ1) is 14.2. The second-order valence-electron chi connectivity index (χ2n) is 6.39. The van der Waals surface area contributed by atoms with E-state index in [9.17, 15) is 4.79 Å². The average Bonchev–Trinajstić information content (AvgIpc) is 2.72. The van der Waals surface area contributed by atoms with Crippen LogP contribution in [0.2, 0.25) is 0 Å².